The first kappa shape index (κ1) is 30.5. The summed E-state index contributed by atoms with van der Waals surface area (Å²) in [4.78, 5) is 4.92. The number of hydrogen-bond acceptors (Lipinski definition) is 4. The number of benzene rings is 2. The molecule has 2 aromatic carbocycles. The minimum Gasteiger partial charge on any atom is -0.361 e. The fourth-order valence-electron chi connectivity index (χ4n) is 4.40. The molecule has 0 unspecified atom stereocenters. The average Bonchev–Trinajstić information content (AvgIpc) is 2.91. The molecule has 4 heteroatoms. The third-order valence-electron chi connectivity index (χ3n) is 6.70. The summed E-state index contributed by atoms with van der Waals surface area (Å²) in [6, 6.07) is 17.3. The van der Waals surface area contributed by atoms with Gasteiger partial charge in [-0.05, 0) is 47.9 Å². The lowest BCUT2D eigenvalue weighted by atomic mass is 9.96. The van der Waals surface area contributed by atoms with Crippen molar-refractivity contribution < 1.29 is 9.47 Å². The van der Waals surface area contributed by atoms with Gasteiger partial charge in [-0.1, -0.05) is 102 Å². The van der Waals surface area contributed by atoms with Crippen molar-refractivity contribution in [3.05, 3.63) is 59.7 Å². The second-order valence-corrected chi connectivity index (χ2v) is 9.92. The molecule has 4 nitrogen and oxygen atoms in total. The zero-order valence-electron chi connectivity index (χ0n) is 23.6. The van der Waals surface area contributed by atoms with Crippen LogP contribution < -0.4 is 0 Å². The summed E-state index contributed by atoms with van der Waals surface area (Å²) in [5.41, 5.74) is 4.98. The molecule has 202 valence electrons. The van der Waals surface area contributed by atoms with Gasteiger partial charge < -0.3 is 9.47 Å². The number of rotatable bonds is 21. The van der Waals surface area contributed by atoms with Gasteiger partial charge in [0.25, 0.3) is 0 Å². The van der Waals surface area contributed by atoms with Crippen LogP contribution in [0.25, 0.3) is 11.1 Å². The van der Waals surface area contributed by atoms with Gasteiger partial charge in [0.05, 0.1) is 26.7 Å². The van der Waals surface area contributed by atoms with E-state index in [4.69, 9.17) is 9.47 Å². The van der Waals surface area contributed by atoms with Gasteiger partial charge in [0, 0.05) is 26.2 Å². The van der Waals surface area contributed by atoms with Crippen molar-refractivity contribution in [2.75, 3.05) is 39.6 Å². The Bertz CT molecular complexity index is 727. The van der Waals surface area contributed by atoms with E-state index in [-0.39, 0.29) is 0 Å². The molecule has 0 bridgehead atoms. The van der Waals surface area contributed by atoms with Gasteiger partial charge in [-0.2, -0.15) is 0 Å². The van der Waals surface area contributed by atoms with Crippen LogP contribution in [-0.4, -0.2) is 49.4 Å². The van der Waals surface area contributed by atoms with Gasteiger partial charge >= 0.3 is 0 Å². The van der Waals surface area contributed by atoms with Crippen LogP contribution in [0.15, 0.2) is 48.5 Å². The van der Waals surface area contributed by atoms with Crippen LogP contribution in [0, 0.1) is 0 Å². The van der Waals surface area contributed by atoms with Gasteiger partial charge in [-0.15, -0.1) is 0 Å². The maximum atomic E-state index is 6.25. The molecule has 0 aliphatic carbocycles. The Balaban J connectivity index is 2.02. The van der Waals surface area contributed by atoms with E-state index in [0.717, 1.165) is 26.2 Å². The SMILES string of the molecule is CCCCN(CCCC)COCc1ccccc1-c1ccccc1COCN(CCCC)CCCC. The van der Waals surface area contributed by atoms with Crippen LogP contribution >= 0.6 is 0 Å². The minimum atomic E-state index is 0.627. The van der Waals surface area contributed by atoms with Crippen molar-refractivity contribution in [2.24, 2.45) is 0 Å². The molecular formula is C32H52N2O2. The number of hydrogen-bond donors (Lipinski definition) is 0. The van der Waals surface area contributed by atoms with Gasteiger partial charge in [0.2, 0.25) is 0 Å². The topological polar surface area (TPSA) is 24.9 Å². The molecule has 0 fully saturated rings. The van der Waals surface area contributed by atoms with E-state index in [9.17, 15) is 0 Å². The molecule has 0 N–H and O–H groups in total. The van der Waals surface area contributed by atoms with E-state index < -0.39 is 0 Å². The highest BCUT2D eigenvalue weighted by atomic mass is 16.5. The summed E-state index contributed by atoms with van der Waals surface area (Å²) >= 11 is 0. The van der Waals surface area contributed by atoms with Crippen molar-refractivity contribution in [1.82, 2.24) is 9.80 Å². The monoisotopic (exact) mass is 496 g/mol. The molecule has 2 rings (SSSR count). The second kappa shape index (κ2) is 19.4. The quantitative estimate of drug-likeness (QED) is 0.163. The zero-order valence-corrected chi connectivity index (χ0v) is 23.6. The van der Waals surface area contributed by atoms with Crippen molar-refractivity contribution in [3.63, 3.8) is 0 Å². The largest absolute Gasteiger partial charge is 0.361 e. The van der Waals surface area contributed by atoms with E-state index in [1.807, 2.05) is 0 Å². The molecule has 0 saturated heterocycles. The van der Waals surface area contributed by atoms with Gasteiger partial charge in [0.15, 0.2) is 0 Å². The third-order valence-corrected chi connectivity index (χ3v) is 6.70. The predicted octanol–water partition coefficient (Wildman–Crippen LogP) is 8.11. The minimum absolute atomic E-state index is 0.627. The first-order valence-electron chi connectivity index (χ1n) is 14.5. The maximum absolute atomic E-state index is 6.25. The molecule has 0 heterocycles. The molecule has 2 aromatic rings. The van der Waals surface area contributed by atoms with Gasteiger partial charge in [0.1, 0.15) is 0 Å². The lowest BCUT2D eigenvalue weighted by molar-refractivity contribution is 0.0169. The summed E-state index contributed by atoms with van der Waals surface area (Å²) in [5, 5.41) is 0. The van der Waals surface area contributed by atoms with E-state index >= 15 is 0 Å². The van der Waals surface area contributed by atoms with E-state index in [2.05, 4.69) is 86.0 Å². The fourth-order valence-corrected chi connectivity index (χ4v) is 4.40. The van der Waals surface area contributed by atoms with Crippen molar-refractivity contribution in [1.29, 1.82) is 0 Å². The van der Waals surface area contributed by atoms with Crippen molar-refractivity contribution in [2.45, 2.75) is 92.3 Å². The molecule has 0 aromatic heterocycles. The lowest BCUT2D eigenvalue weighted by Gasteiger charge is -2.23. The van der Waals surface area contributed by atoms with Crippen LogP contribution in [0.3, 0.4) is 0 Å². The summed E-state index contributed by atoms with van der Waals surface area (Å²) in [6.07, 6.45) is 9.80. The van der Waals surface area contributed by atoms with Crippen LogP contribution in [-0.2, 0) is 22.7 Å². The summed E-state index contributed by atoms with van der Waals surface area (Å²) in [7, 11) is 0. The molecule has 0 atom stereocenters. The lowest BCUT2D eigenvalue weighted by Crippen LogP contribution is -2.28. The summed E-state index contributed by atoms with van der Waals surface area (Å²) in [5.74, 6) is 0. The Hall–Kier alpha value is -1.72. The Labute approximate surface area is 222 Å². The smallest absolute Gasteiger partial charge is 0.0994 e. The maximum Gasteiger partial charge on any atom is 0.0994 e. The molecule has 0 aliphatic rings. The summed E-state index contributed by atoms with van der Waals surface area (Å²) in [6.45, 7) is 16.1. The van der Waals surface area contributed by atoms with E-state index in [1.165, 1.54) is 73.6 Å². The highest BCUT2D eigenvalue weighted by Gasteiger charge is 2.12. The standard InChI is InChI=1S/C32H52N2O2/c1-5-9-21-33(22-10-6-2)27-35-25-29-17-13-15-19-31(29)32-20-16-14-18-30(32)26-36-28-34(23-11-7-3)24-12-8-4/h13-20H,5-12,21-28H2,1-4H3. The van der Waals surface area contributed by atoms with E-state index in [1.54, 1.807) is 0 Å². The molecule has 0 aliphatic heterocycles. The second-order valence-electron chi connectivity index (χ2n) is 9.92. The molecule has 0 amide bonds. The predicted molar refractivity (Wildman–Crippen MR) is 154 cm³/mol. The normalized spacial score (nSPS) is 11.6. The van der Waals surface area contributed by atoms with Gasteiger partial charge in [-0.3, -0.25) is 9.80 Å². The first-order valence-corrected chi connectivity index (χ1v) is 14.5. The fraction of sp³-hybridized carbons (Fsp3) is 0.625. The Morgan fingerprint density at radius 3 is 1.17 bits per heavy atom. The number of unbranched alkanes of at least 4 members (excludes halogenated alkanes) is 4. The Kier molecular flexibility index (Phi) is 16.4. The average molecular weight is 497 g/mol. The number of nitrogens with zero attached hydrogens (tertiary/aromatic N) is 2. The summed E-state index contributed by atoms with van der Waals surface area (Å²) < 4.78 is 12.5. The van der Waals surface area contributed by atoms with Crippen LogP contribution in [0.5, 0.6) is 0 Å². The molecular weight excluding hydrogens is 444 g/mol. The van der Waals surface area contributed by atoms with Gasteiger partial charge in [-0.25, -0.2) is 0 Å². The molecule has 0 spiro atoms. The van der Waals surface area contributed by atoms with Crippen molar-refractivity contribution in [3.8, 4) is 11.1 Å². The highest BCUT2D eigenvalue weighted by molar-refractivity contribution is 5.70. The molecule has 0 radical (unpaired) electrons. The number of ether oxygens (including phenoxy) is 2. The van der Waals surface area contributed by atoms with E-state index in [0.29, 0.717) is 26.7 Å². The first-order chi connectivity index (χ1) is 17.7. The highest BCUT2D eigenvalue weighted by Crippen LogP contribution is 2.28. The zero-order chi connectivity index (χ0) is 25.8. The Morgan fingerprint density at radius 2 is 0.833 bits per heavy atom. The van der Waals surface area contributed by atoms with Crippen LogP contribution in [0.4, 0.5) is 0 Å². The Morgan fingerprint density at radius 1 is 0.500 bits per heavy atom. The van der Waals surface area contributed by atoms with Crippen LogP contribution in [0.1, 0.15) is 90.2 Å². The van der Waals surface area contributed by atoms with Crippen LogP contribution in [0.2, 0.25) is 0 Å². The molecule has 0 saturated carbocycles. The third kappa shape index (κ3) is 11.6. The van der Waals surface area contributed by atoms with Crippen molar-refractivity contribution >= 4 is 0 Å². The molecule has 36 heavy (non-hydrogen) atoms.